The van der Waals surface area contributed by atoms with Gasteiger partial charge in [-0.05, 0) is 31.9 Å². The molecule has 3 nitrogen and oxygen atoms in total. The Hall–Kier alpha value is -1.38. The molecule has 0 aromatic heterocycles. The van der Waals surface area contributed by atoms with Crippen molar-refractivity contribution in [3.8, 4) is 5.75 Å². The summed E-state index contributed by atoms with van der Waals surface area (Å²) in [7, 11) is 0. The van der Waals surface area contributed by atoms with E-state index in [4.69, 9.17) is 0 Å². The zero-order valence-electron chi connectivity index (χ0n) is 8.95. The average molecular weight is 204 g/mol. The number of phenols is 1. The maximum absolute atomic E-state index is 9.77. The van der Waals surface area contributed by atoms with Crippen LogP contribution in [0.1, 0.15) is 19.8 Å². The highest BCUT2D eigenvalue weighted by Crippen LogP contribution is 2.50. The lowest BCUT2D eigenvalue weighted by Gasteiger charge is -2.39. The Morgan fingerprint density at radius 3 is 2.93 bits per heavy atom. The number of benzene rings is 1. The molecule has 1 aromatic carbocycles. The van der Waals surface area contributed by atoms with Gasteiger partial charge in [0.15, 0.2) is 0 Å². The molecule has 1 aromatic rings. The SMILES string of the molecule is CCN1c2cccc(O)c2NCC12CC2. The van der Waals surface area contributed by atoms with Crippen molar-refractivity contribution in [3.05, 3.63) is 18.2 Å². The fourth-order valence-corrected chi connectivity index (χ4v) is 2.63. The molecule has 3 rings (SSSR count). The molecule has 0 saturated heterocycles. The fraction of sp³-hybridized carbons (Fsp3) is 0.500. The summed E-state index contributed by atoms with van der Waals surface area (Å²) >= 11 is 0. The van der Waals surface area contributed by atoms with Gasteiger partial charge in [-0.15, -0.1) is 0 Å². The molecule has 2 aliphatic rings. The van der Waals surface area contributed by atoms with E-state index in [1.807, 2.05) is 6.07 Å². The molecule has 0 unspecified atom stereocenters. The fourth-order valence-electron chi connectivity index (χ4n) is 2.63. The lowest BCUT2D eigenvalue weighted by atomic mass is 10.1. The molecule has 0 amide bonds. The van der Waals surface area contributed by atoms with E-state index in [-0.39, 0.29) is 0 Å². The van der Waals surface area contributed by atoms with Crippen LogP contribution in [0.2, 0.25) is 0 Å². The Bertz CT molecular complexity index is 399. The van der Waals surface area contributed by atoms with Crippen molar-refractivity contribution in [3.63, 3.8) is 0 Å². The predicted molar refractivity (Wildman–Crippen MR) is 61.6 cm³/mol. The first-order chi connectivity index (χ1) is 7.27. The average Bonchev–Trinajstić information content (AvgIpc) is 2.99. The molecule has 1 spiro atoms. The van der Waals surface area contributed by atoms with Crippen LogP contribution in [0.15, 0.2) is 18.2 Å². The van der Waals surface area contributed by atoms with Crippen molar-refractivity contribution in [2.45, 2.75) is 25.3 Å². The first kappa shape index (κ1) is 8.89. The van der Waals surface area contributed by atoms with Gasteiger partial charge < -0.3 is 15.3 Å². The highest BCUT2D eigenvalue weighted by Gasteiger charge is 2.50. The maximum Gasteiger partial charge on any atom is 0.140 e. The third-order valence-corrected chi connectivity index (χ3v) is 3.62. The van der Waals surface area contributed by atoms with E-state index < -0.39 is 0 Å². The number of rotatable bonds is 1. The smallest absolute Gasteiger partial charge is 0.140 e. The van der Waals surface area contributed by atoms with Crippen molar-refractivity contribution in [1.82, 2.24) is 0 Å². The van der Waals surface area contributed by atoms with E-state index in [1.165, 1.54) is 12.8 Å². The zero-order valence-corrected chi connectivity index (χ0v) is 8.95. The number of hydrogen-bond donors (Lipinski definition) is 2. The number of fused-ring (bicyclic) bond motifs is 1. The largest absolute Gasteiger partial charge is 0.506 e. The van der Waals surface area contributed by atoms with Crippen LogP contribution in [0, 0.1) is 0 Å². The molecule has 3 heteroatoms. The van der Waals surface area contributed by atoms with Crippen LogP contribution < -0.4 is 10.2 Å². The number of phenolic OH excluding ortho intramolecular Hbond substituents is 1. The van der Waals surface area contributed by atoms with Crippen molar-refractivity contribution in [2.24, 2.45) is 0 Å². The van der Waals surface area contributed by atoms with Gasteiger partial charge in [0.05, 0.1) is 11.2 Å². The highest BCUT2D eigenvalue weighted by molar-refractivity contribution is 5.79. The van der Waals surface area contributed by atoms with Gasteiger partial charge in [0.2, 0.25) is 0 Å². The summed E-state index contributed by atoms with van der Waals surface area (Å²) in [5.41, 5.74) is 2.40. The number of para-hydroxylation sites is 1. The second-order valence-electron chi connectivity index (χ2n) is 4.49. The predicted octanol–water partition coefficient (Wildman–Crippen LogP) is 2.18. The molecule has 0 radical (unpaired) electrons. The van der Waals surface area contributed by atoms with Crippen LogP contribution >= 0.6 is 0 Å². The lowest BCUT2D eigenvalue weighted by molar-refractivity contribution is 0.474. The Morgan fingerprint density at radius 2 is 2.27 bits per heavy atom. The molecule has 1 saturated carbocycles. The van der Waals surface area contributed by atoms with E-state index in [1.54, 1.807) is 6.07 Å². The van der Waals surface area contributed by atoms with Crippen molar-refractivity contribution in [1.29, 1.82) is 0 Å². The minimum Gasteiger partial charge on any atom is -0.506 e. The van der Waals surface area contributed by atoms with Crippen LogP contribution in [0.5, 0.6) is 5.75 Å². The third-order valence-electron chi connectivity index (χ3n) is 3.62. The van der Waals surface area contributed by atoms with E-state index in [0.717, 1.165) is 24.5 Å². The topological polar surface area (TPSA) is 35.5 Å². The molecule has 1 fully saturated rings. The number of aromatic hydroxyl groups is 1. The molecule has 0 bridgehead atoms. The Balaban J connectivity index is 2.10. The van der Waals surface area contributed by atoms with E-state index in [9.17, 15) is 5.11 Å². The molecule has 0 atom stereocenters. The van der Waals surface area contributed by atoms with Crippen LogP contribution in [-0.4, -0.2) is 23.7 Å². The molecule has 1 heterocycles. The van der Waals surface area contributed by atoms with Gasteiger partial charge in [-0.1, -0.05) is 6.07 Å². The van der Waals surface area contributed by atoms with Gasteiger partial charge in [-0.2, -0.15) is 0 Å². The Labute approximate surface area is 89.7 Å². The van der Waals surface area contributed by atoms with Gasteiger partial charge in [0.25, 0.3) is 0 Å². The second-order valence-corrected chi connectivity index (χ2v) is 4.49. The number of nitrogens with zero attached hydrogens (tertiary/aromatic N) is 1. The van der Waals surface area contributed by atoms with Gasteiger partial charge in [-0.25, -0.2) is 0 Å². The van der Waals surface area contributed by atoms with E-state index in [2.05, 4.69) is 23.2 Å². The number of likely N-dealkylation sites (N-methyl/N-ethyl adjacent to an activating group) is 1. The van der Waals surface area contributed by atoms with Crippen LogP contribution in [0.25, 0.3) is 0 Å². The molecule has 80 valence electrons. The molecule has 1 aliphatic carbocycles. The van der Waals surface area contributed by atoms with Crippen molar-refractivity contribution in [2.75, 3.05) is 23.3 Å². The molecule has 1 aliphatic heterocycles. The minimum atomic E-state index is 0.343. The van der Waals surface area contributed by atoms with Crippen LogP contribution in [0.3, 0.4) is 0 Å². The quantitative estimate of drug-likeness (QED) is 0.688. The van der Waals surface area contributed by atoms with Crippen molar-refractivity contribution < 1.29 is 5.11 Å². The minimum absolute atomic E-state index is 0.343. The molecule has 15 heavy (non-hydrogen) atoms. The highest BCUT2D eigenvalue weighted by atomic mass is 16.3. The van der Waals surface area contributed by atoms with E-state index >= 15 is 0 Å². The second kappa shape index (κ2) is 2.81. The molecular weight excluding hydrogens is 188 g/mol. The first-order valence-corrected chi connectivity index (χ1v) is 5.60. The summed E-state index contributed by atoms with van der Waals surface area (Å²) in [6, 6.07) is 5.75. The monoisotopic (exact) mass is 204 g/mol. The summed E-state index contributed by atoms with van der Waals surface area (Å²) < 4.78 is 0. The molecule has 2 N–H and O–H groups in total. The van der Waals surface area contributed by atoms with E-state index in [0.29, 0.717) is 11.3 Å². The number of nitrogens with one attached hydrogen (secondary N) is 1. The first-order valence-electron chi connectivity index (χ1n) is 5.60. The normalized spacial score (nSPS) is 21.0. The molecular formula is C12H16N2O. The number of anilines is 2. The summed E-state index contributed by atoms with van der Waals surface area (Å²) in [5.74, 6) is 0.362. The van der Waals surface area contributed by atoms with Crippen LogP contribution in [0.4, 0.5) is 11.4 Å². The van der Waals surface area contributed by atoms with Crippen molar-refractivity contribution >= 4 is 11.4 Å². The van der Waals surface area contributed by atoms with Gasteiger partial charge in [-0.3, -0.25) is 0 Å². The summed E-state index contributed by atoms with van der Waals surface area (Å²) in [4.78, 5) is 2.43. The third kappa shape index (κ3) is 1.12. The lowest BCUT2D eigenvalue weighted by Crippen LogP contribution is -2.46. The summed E-state index contributed by atoms with van der Waals surface area (Å²) in [6.07, 6.45) is 2.53. The van der Waals surface area contributed by atoms with Gasteiger partial charge in [0.1, 0.15) is 11.4 Å². The van der Waals surface area contributed by atoms with Crippen LogP contribution in [-0.2, 0) is 0 Å². The Morgan fingerprint density at radius 1 is 1.47 bits per heavy atom. The standard InChI is InChI=1S/C12H16N2O/c1-2-14-9-4-3-5-10(15)11(9)13-8-12(14)6-7-12/h3-5,13,15H,2,6-8H2,1H3. The summed E-state index contributed by atoms with van der Waals surface area (Å²) in [5, 5.41) is 13.1. The maximum atomic E-state index is 9.77. The summed E-state index contributed by atoms with van der Waals surface area (Å²) in [6.45, 7) is 4.16. The Kier molecular flexibility index (Phi) is 1.67. The number of hydrogen-bond acceptors (Lipinski definition) is 3. The van der Waals surface area contributed by atoms with Gasteiger partial charge >= 0.3 is 0 Å². The zero-order chi connectivity index (χ0) is 10.5. The van der Waals surface area contributed by atoms with Gasteiger partial charge in [0, 0.05) is 13.1 Å².